The maximum absolute atomic E-state index is 12.6. The molecule has 3 rings (SSSR count). The van der Waals surface area contributed by atoms with Crippen molar-refractivity contribution in [1.82, 2.24) is 0 Å². The first-order valence-corrected chi connectivity index (χ1v) is 11.0. The second-order valence-corrected chi connectivity index (χ2v) is 8.22. The van der Waals surface area contributed by atoms with Gasteiger partial charge in [-0.25, -0.2) is 0 Å². The second kappa shape index (κ2) is 11.4. The van der Waals surface area contributed by atoms with E-state index >= 15 is 0 Å². The van der Waals surface area contributed by atoms with Gasteiger partial charge >= 0.3 is 0 Å². The maximum atomic E-state index is 12.6. The van der Waals surface area contributed by atoms with Crippen LogP contribution in [0, 0.1) is 18.3 Å². The fraction of sp³-hybridized carbons (Fsp3) is 0.111. The molecular formula is C27H22Cl2N2O2. The molecule has 0 atom stereocenters. The molecule has 0 heterocycles. The minimum atomic E-state index is -0.468. The number of rotatable bonds is 8. The van der Waals surface area contributed by atoms with Crippen molar-refractivity contribution in [1.29, 1.82) is 5.26 Å². The number of nitrogens with zero attached hydrogens (tertiary/aromatic N) is 1. The predicted molar refractivity (Wildman–Crippen MR) is 135 cm³/mol. The Hall–Kier alpha value is -3.52. The van der Waals surface area contributed by atoms with Gasteiger partial charge in [0.1, 0.15) is 24.0 Å². The molecule has 166 valence electrons. The number of benzene rings is 3. The molecule has 1 N–H and O–H groups in total. The number of aryl methyl sites for hydroxylation is 1. The van der Waals surface area contributed by atoms with E-state index in [2.05, 4.69) is 11.9 Å². The topological polar surface area (TPSA) is 62.1 Å². The lowest BCUT2D eigenvalue weighted by atomic mass is 10.0. The van der Waals surface area contributed by atoms with Crippen LogP contribution in [0.1, 0.15) is 22.3 Å². The number of allylic oxidation sites excluding steroid dienone is 1. The third-order valence-electron chi connectivity index (χ3n) is 4.83. The summed E-state index contributed by atoms with van der Waals surface area (Å²) in [5.41, 5.74) is 4.11. The standard InChI is InChI=1S/C27H22Cl2N2O2/c1-3-4-20-13-19(7-12-26(20)33-17-21-8-9-23(28)15-25(21)29)14-22(16-30)27(32)31-24-10-5-18(2)6-11-24/h3,5-15H,1,4,17H2,2H3,(H,31,32)/b22-14-. The van der Waals surface area contributed by atoms with Crippen LogP contribution in [0.3, 0.4) is 0 Å². The first kappa shape index (κ1) is 24.1. The van der Waals surface area contributed by atoms with Gasteiger partial charge in [-0.15, -0.1) is 6.58 Å². The monoisotopic (exact) mass is 476 g/mol. The molecule has 0 radical (unpaired) electrons. The highest BCUT2D eigenvalue weighted by Crippen LogP contribution is 2.26. The zero-order valence-corrected chi connectivity index (χ0v) is 19.6. The summed E-state index contributed by atoms with van der Waals surface area (Å²) in [5, 5.41) is 13.4. The predicted octanol–water partition coefficient (Wildman–Crippen LogP) is 7.16. The lowest BCUT2D eigenvalue weighted by molar-refractivity contribution is -0.112. The number of halogens is 2. The second-order valence-electron chi connectivity index (χ2n) is 7.37. The van der Waals surface area contributed by atoms with E-state index in [9.17, 15) is 10.1 Å². The Labute approximate surface area is 203 Å². The molecule has 1 amide bonds. The summed E-state index contributed by atoms with van der Waals surface area (Å²) in [4.78, 5) is 12.6. The molecule has 0 saturated carbocycles. The summed E-state index contributed by atoms with van der Waals surface area (Å²) in [7, 11) is 0. The Kier molecular flexibility index (Phi) is 8.32. The van der Waals surface area contributed by atoms with Gasteiger partial charge in [0, 0.05) is 21.3 Å². The molecule has 0 bridgehead atoms. The minimum absolute atomic E-state index is 0.00161. The number of nitriles is 1. The lowest BCUT2D eigenvalue weighted by Gasteiger charge is -2.13. The largest absolute Gasteiger partial charge is 0.489 e. The quantitative estimate of drug-likeness (QED) is 0.213. The summed E-state index contributed by atoms with van der Waals surface area (Å²) >= 11 is 12.2. The molecule has 3 aromatic rings. The van der Waals surface area contributed by atoms with Crippen LogP contribution in [0.15, 0.2) is 78.9 Å². The Balaban J connectivity index is 1.79. The molecule has 6 heteroatoms. The van der Waals surface area contributed by atoms with Gasteiger partial charge in [-0.3, -0.25) is 4.79 Å². The SMILES string of the molecule is C=CCc1cc(/C=C(/C#N)C(=O)Nc2ccc(C)cc2)ccc1OCc1ccc(Cl)cc1Cl. The number of hydrogen-bond acceptors (Lipinski definition) is 3. The Morgan fingerprint density at radius 1 is 1.09 bits per heavy atom. The minimum Gasteiger partial charge on any atom is -0.489 e. The molecule has 0 fully saturated rings. The van der Waals surface area contributed by atoms with Crippen LogP contribution in [0.25, 0.3) is 6.08 Å². The van der Waals surface area contributed by atoms with Crippen LogP contribution in [0.4, 0.5) is 5.69 Å². The van der Waals surface area contributed by atoms with E-state index in [1.807, 2.05) is 37.3 Å². The summed E-state index contributed by atoms with van der Waals surface area (Å²) in [5.74, 6) is 0.199. The van der Waals surface area contributed by atoms with Gasteiger partial charge in [-0.2, -0.15) is 5.26 Å². The van der Waals surface area contributed by atoms with E-state index in [-0.39, 0.29) is 12.2 Å². The van der Waals surface area contributed by atoms with Crippen molar-refractivity contribution >= 4 is 40.9 Å². The normalized spacial score (nSPS) is 10.9. The number of carbonyl (C=O) groups excluding carboxylic acids is 1. The first-order chi connectivity index (χ1) is 15.9. The van der Waals surface area contributed by atoms with E-state index in [1.165, 1.54) is 0 Å². The third kappa shape index (κ3) is 6.73. The van der Waals surface area contributed by atoms with Gasteiger partial charge in [-0.05, 0) is 66.9 Å². The van der Waals surface area contributed by atoms with Gasteiger partial charge < -0.3 is 10.1 Å². The molecule has 3 aromatic carbocycles. The van der Waals surface area contributed by atoms with Gasteiger partial charge in [0.25, 0.3) is 5.91 Å². The Bertz CT molecular complexity index is 1240. The highest BCUT2D eigenvalue weighted by molar-refractivity contribution is 6.35. The van der Waals surface area contributed by atoms with Crippen molar-refractivity contribution < 1.29 is 9.53 Å². The van der Waals surface area contributed by atoms with Crippen molar-refractivity contribution in [3.63, 3.8) is 0 Å². The fourth-order valence-electron chi connectivity index (χ4n) is 3.09. The Morgan fingerprint density at radius 2 is 1.85 bits per heavy atom. The zero-order valence-electron chi connectivity index (χ0n) is 18.1. The summed E-state index contributed by atoms with van der Waals surface area (Å²) in [6.45, 7) is 6.04. The van der Waals surface area contributed by atoms with Crippen LogP contribution >= 0.6 is 23.2 Å². The van der Waals surface area contributed by atoms with E-state index in [0.29, 0.717) is 33.5 Å². The van der Waals surface area contributed by atoms with Gasteiger partial charge in [0.05, 0.1) is 0 Å². The maximum Gasteiger partial charge on any atom is 0.266 e. The smallest absolute Gasteiger partial charge is 0.266 e. The van der Waals surface area contributed by atoms with Crippen molar-refractivity contribution in [2.24, 2.45) is 0 Å². The number of nitrogens with one attached hydrogen (secondary N) is 1. The van der Waals surface area contributed by atoms with Crippen LogP contribution in [-0.2, 0) is 17.8 Å². The average molecular weight is 477 g/mol. The number of anilines is 1. The van der Waals surface area contributed by atoms with Crippen LogP contribution in [-0.4, -0.2) is 5.91 Å². The molecule has 0 aromatic heterocycles. The molecule has 0 aliphatic heterocycles. The van der Waals surface area contributed by atoms with Crippen molar-refractivity contribution in [2.75, 3.05) is 5.32 Å². The molecule has 0 aliphatic rings. The first-order valence-electron chi connectivity index (χ1n) is 10.2. The lowest BCUT2D eigenvalue weighted by Crippen LogP contribution is -2.13. The van der Waals surface area contributed by atoms with Crippen LogP contribution in [0.2, 0.25) is 10.0 Å². The zero-order chi connectivity index (χ0) is 23.8. The summed E-state index contributed by atoms with van der Waals surface area (Å²) < 4.78 is 5.98. The van der Waals surface area contributed by atoms with Gasteiger partial charge in [0.15, 0.2) is 0 Å². The van der Waals surface area contributed by atoms with Crippen molar-refractivity contribution in [3.8, 4) is 11.8 Å². The molecule has 4 nitrogen and oxygen atoms in total. The number of carbonyl (C=O) groups is 1. The number of hydrogen-bond donors (Lipinski definition) is 1. The van der Waals surface area contributed by atoms with E-state index in [1.54, 1.807) is 48.6 Å². The van der Waals surface area contributed by atoms with Crippen LogP contribution < -0.4 is 10.1 Å². The average Bonchev–Trinajstić information content (AvgIpc) is 2.79. The molecule has 33 heavy (non-hydrogen) atoms. The van der Waals surface area contributed by atoms with Crippen molar-refractivity contribution in [3.05, 3.63) is 111 Å². The highest BCUT2D eigenvalue weighted by Gasteiger charge is 2.11. The third-order valence-corrected chi connectivity index (χ3v) is 5.42. The molecular weight excluding hydrogens is 455 g/mol. The number of ether oxygens (including phenoxy) is 1. The van der Waals surface area contributed by atoms with E-state index in [0.717, 1.165) is 16.7 Å². The molecule has 0 unspecified atom stereocenters. The van der Waals surface area contributed by atoms with Crippen LogP contribution in [0.5, 0.6) is 5.75 Å². The molecule has 0 aliphatic carbocycles. The highest BCUT2D eigenvalue weighted by atomic mass is 35.5. The summed E-state index contributed by atoms with van der Waals surface area (Å²) in [6, 6.07) is 20.1. The Morgan fingerprint density at radius 3 is 2.52 bits per heavy atom. The van der Waals surface area contributed by atoms with Gasteiger partial charge in [-0.1, -0.05) is 59.1 Å². The summed E-state index contributed by atoms with van der Waals surface area (Å²) in [6.07, 6.45) is 3.87. The fourth-order valence-corrected chi connectivity index (χ4v) is 3.55. The van der Waals surface area contributed by atoms with E-state index < -0.39 is 5.91 Å². The van der Waals surface area contributed by atoms with Crippen molar-refractivity contribution in [2.45, 2.75) is 20.0 Å². The molecule has 0 saturated heterocycles. The van der Waals surface area contributed by atoms with E-state index in [4.69, 9.17) is 27.9 Å². The van der Waals surface area contributed by atoms with Gasteiger partial charge in [0.2, 0.25) is 0 Å². The number of amides is 1. The molecule has 0 spiro atoms.